The molecule has 0 saturated carbocycles. The minimum absolute atomic E-state index is 0.140. The third-order valence-electron chi connectivity index (χ3n) is 2.78. The lowest BCUT2D eigenvalue weighted by Crippen LogP contribution is -2.33. The molecule has 0 aliphatic carbocycles. The second-order valence-corrected chi connectivity index (χ2v) is 4.31. The maximum Gasteiger partial charge on any atom is 0.299 e. The van der Waals surface area contributed by atoms with Gasteiger partial charge in [0.1, 0.15) is 0 Å². The lowest BCUT2D eigenvalue weighted by Gasteiger charge is -2.15. The molecule has 1 aromatic carbocycles. The number of hydrogen-bond acceptors (Lipinski definition) is 3. The summed E-state index contributed by atoms with van der Waals surface area (Å²) in [6.45, 7) is 0.164. The van der Waals surface area contributed by atoms with E-state index in [1.165, 1.54) is 18.0 Å². The van der Waals surface area contributed by atoms with Gasteiger partial charge in [0.2, 0.25) is 5.91 Å². The average Bonchev–Trinajstić information content (AvgIpc) is 2.59. The van der Waals surface area contributed by atoms with Crippen LogP contribution in [0.4, 0.5) is 5.69 Å². The molecule has 6 heteroatoms. The van der Waals surface area contributed by atoms with Crippen molar-refractivity contribution < 1.29 is 14.4 Å². The molecule has 1 N–H and O–H groups in total. The van der Waals surface area contributed by atoms with Crippen LogP contribution in [0.5, 0.6) is 0 Å². The van der Waals surface area contributed by atoms with Gasteiger partial charge in [-0.25, -0.2) is 0 Å². The van der Waals surface area contributed by atoms with Crippen LogP contribution in [0.3, 0.4) is 0 Å². The Bertz CT molecular complexity index is 542. The topological polar surface area (TPSA) is 66.5 Å². The molecule has 0 radical (unpaired) electrons. The highest BCUT2D eigenvalue weighted by Gasteiger charge is 2.35. The first-order valence-electron chi connectivity index (χ1n) is 5.41. The van der Waals surface area contributed by atoms with E-state index < -0.39 is 11.7 Å². The largest absolute Gasteiger partial charge is 0.359 e. The first kappa shape index (κ1) is 12.6. The van der Waals surface area contributed by atoms with Crippen LogP contribution in [0.25, 0.3) is 0 Å². The number of rotatable bonds is 3. The van der Waals surface area contributed by atoms with Crippen molar-refractivity contribution in [1.29, 1.82) is 0 Å². The summed E-state index contributed by atoms with van der Waals surface area (Å²) in [4.78, 5) is 35.9. The van der Waals surface area contributed by atoms with E-state index in [1.54, 1.807) is 12.1 Å². The molecule has 0 spiro atoms. The lowest BCUT2D eigenvalue weighted by molar-refractivity contribution is -0.120. The Kier molecular flexibility index (Phi) is 3.34. The molecular formula is C12H11ClN2O3. The van der Waals surface area contributed by atoms with Crippen LogP contribution in [0.1, 0.15) is 16.8 Å². The quantitative estimate of drug-likeness (QED) is 0.830. The third-order valence-corrected chi connectivity index (χ3v) is 3.01. The van der Waals surface area contributed by atoms with Crippen molar-refractivity contribution in [3.05, 3.63) is 28.8 Å². The molecule has 0 saturated heterocycles. The van der Waals surface area contributed by atoms with Crippen LogP contribution in [0.15, 0.2) is 18.2 Å². The maximum atomic E-state index is 11.8. The first-order valence-corrected chi connectivity index (χ1v) is 5.78. The fourth-order valence-corrected chi connectivity index (χ4v) is 1.99. The summed E-state index contributed by atoms with van der Waals surface area (Å²) in [5, 5.41) is 2.91. The summed E-state index contributed by atoms with van der Waals surface area (Å²) in [5.41, 5.74) is 0.808. The number of fused-ring (bicyclic) bond motifs is 1. The zero-order chi connectivity index (χ0) is 13.3. The van der Waals surface area contributed by atoms with Crippen LogP contribution in [0, 0.1) is 0 Å². The number of hydrogen-bond donors (Lipinski definition) is 1. The molecule has 1 aliphatic heterocycles. The molecule has 2 rings (SSSR count). The first-order chi connectivity index (χ1) is 8.54. The number of Topliss-reactive ketones (excluding diaryl/α,β-unsaturated/α-hetero) is 1. The molecule has 94 valence electrons. The van der Waals surface area contributed by atoms with E-state index in [-0.39, 0.29) is 18.9 Å². The van der Waals surface area contributed by atoms with Gasteiger partial charge in [0, 0.05) is 25.0 Å². The molecular weight excluding hydrogens is 256 g/mol. The highest BCUT2D eigenvalue weighted by atomic mass is 35.5. The van der Waals surface area contributed by atoms with Crippen LogP contribution in [-0.2, 0) is 9.59 Å². The van der Waals surface area contributed by atoms with Crippen LogP contribution in [0.2, 0.25) is 5.02 Å². The Labute approximate surface area is 109 Å². The molecule has 1 heterocycles. The molecule has 0 aromatic heterocycles. The monoisotopic (exact) mass is 266 g/mol. The van der Waals surface area contributed by atoms with Gasteiger partial charge in [0.25, 0.3) is 11.7 Å². The highest BCUT2D eigenvalue weighted by molar-refractivity contribution is 6.52. The van der Waals surface area contributed by atoms with Gasteiger partial charge >= 0.3 is 0 Å². The molecule has 0 unspecified atom stereocenters. The molecule has 0 bridgehead atoms. The van der Waals surface area contributed by atoms with Gasteiger partial charge in [-0.2, -0.15) is 0 Å². The highest BCUT2D eigenvalue weighted by Crippen LogP contribution is 2.31. The summed E-state index contributed by atoms with van der Waals surface area (Å²) >= 11 is 5.85. The van der Waals surface area contributed by atoms with Crippen molar-refractivity contribution >= 4 is 34.9 Å². The number of carbonyl (C=O) groups is 3. The Morgan fingerprint density at radius 1 is 1.39 bits per heavy atom. The van der Waals surface area contributed by atoms with Crippen molar-refractivity contribution in [3.8, 4) is 0 Å². The van der Waals surface area contributed by atoms with Crippen LogP contribution >= 0.6 is 11.6 Å². The predicted octanol–water partition coefficient (Wildman–Crippen LogP) is 1.01. The maximum absolute atomic E-state index is 11.8. The summed E-state index contributed by atoms with van der Waals surface area (Å²) < 4.78 is 0. The SMILES string of the molecule is CNC(=O)CCN1C(=O)C(=O)c2ccc(Cl)cc21. The number of halogens is 1. The van der Waals surface area contributed by atoms with Gasteiger partial charge in [-0.1, -0.05) is 11.6 Å². The normalized spacial score (nSPS) is 13.8. The molecule has 0 fully saturated rings. The van der Waals surface area contributed by atoms with Gasteiger partial charge in [0.15, 0.2) is 0 Å². The molecule has 2 amide bonds. The summed E-state index contributed by atoms with van der Waals surface area (Å²) in [7, 11) is 1.52. The van der Waals surface area contributed by atoms with Gasteiger partial charge in [-0.15, -0.1) is 0 Å². The average molecular weight is 267 g/mol. The molecule has 0 atom stereocenters. The number of benzene rings is 1. The Morgan fingerprint density at radius 2 is 2.11 bits per heavy atom. The van der Waals surface area contributed by atoms with E-state index in [4.69, 9.17) is 11.6 Å². The Balaban J connectivity index is 2.27. The zero-order valence-corrected chi connectivity index (χ0v) is 10.5. The van der Waals surface area contributed by atoms with Crippen molar-refractivity contribution in [2.24, 2.45) is 0 Å². The molecule has 18 heavy (non-hydrogen) atoms. The number of amides is 2. The third kappa shape index (κ3) is 2.09. The van der Waals surface area contributed by atoms with Crippen LogP contribution in [-0.4, -0.2) is 31.2 Å². The fraction of sp³-hybridized carbons (Fsp3) is 0.250. The Morgan fingerprint density at radius 3 is 2.78 bits per heavy atom. The van der Waals surface area contributed by atoms with E-state index >= 15 is 0 Å². The lowest BCUT2D eigenvalue weighted by atomic mass is 10.1. The summed E-state index contributed by atoms with van der Waals surface area (Å²) in [6.07, 6.45) is 0.140. The van der Waals surface area contributed by atoms with E-state index in [0.717, 1.165) is 0 Å². The number of nitrogens with zero attached hydrogens (tertiary/aromatic N) is 1. The molecule has 1 aromatic rings. The summed E-state index contributed by atoms with van der Waals surface area (Å²) in [5.74, 6) is -1.36. The smallest absolute Gasteiger partial charge is 0.299 e. The van der Waals surface area contributed by atoms with E-state index in [0.29, 0.717) is 16.3 Å². The van der Waals surface area contributed by atoms with Gasteiger partial charge in [0.05, 0.1) is 11.3 Å². The van der Waals surface area contributed by atoms with Crippen molar-refractivity contribution in [2.45, 2.75) is 6.42 Å². The molecule has 5 nitrogen and oxygen atoms in total. The molecule has 1 aliphatic rings. The van der Waals surface area contributed by atoms with Gasteiger partial charge in [-0.05, 0) is 18.2 Å². The number of ketones is 1. The fourth-order valence-electron chi connectivity index (χ4n) is 1.83. The van der Waals surface area contributed by atoms with Crippen molar-refractivity contribution in [2.75, 3.05) is 18.5 Å². The second-order valence-electron chi connectivity index (χ2n) is 3.87. The van der Waals surface area contributed by atoms with Gasteiger partial charge in [-0.3, -0.25) is 14.4 Å². The number of anilines is 1. The number of nitrogens with one attached hydrogen (secondary N) is 1. The van der Waals surface area contributed by atoms with E-state index in [1.807, 2.05) is 0 Å². The van der Waals surface area contributed by atoms with E-state index in [9.17, 15) is 14.4 Å². The standard InChI is InChI=1S/C12H11ClN2O3/c1-14-10(16)4-5-15-9-6-7(13)2-3-8(9)11(17)12(15)18/h2-3,6H,4-5H2,1H3,(H,14,16). The van der Waals surface area contributed by atoms with Gasteiger partial charge < -0.3 is 10.2 Å². The minimum Gasteiger partial charge on any atom is -0.359 e. The Hall–Kier alpha value is -1.88. The zero-order valence-electron chi connectivity index (χ0n) is 9.70. The number of carbonyl (C=O) groups excluding carboxylic acids is 3. The minimum atomic E-state index is -0.615. The van der Waals surface area contributed by atoms with E-state index in [2.05, 4.69) is 5.32 Å². The second kappa shape index (κ2) is 4.78. The van der Waals surface area contributed by atoms with Crippen molar-refractivity contribution in [1.82, 2.24) is 5.32 Å². The van der Waals surface area contributed by atoms with Crippen molar-refractivity contribution in [3.63, 3.8) is 0 Å². The summed E-state index contributed by atoms with van der Waals surface area (Å²) in [6, 6.07) is 4.65. The van der Waals surface area contributed by atoms with Crippen LogP contribution < -0.4 is 10.2 Å². The predicted molar refractivity (Wildman–Crippen MR) is 66.8 cm³/mol.